The standard InChI is InChI=1S/C13H10NO3S/c14-13(15-11-7-3-1-4-8-11)16-17-18-12-9-5-2-6-10-12/h1-10H/q-1. The van der Waals surface area contributed by atoms with E-state index in [-0.39, 0.29) is 0 Å². The first-order chi connectivity index (χ1) is 8.84. The maximum atomic E-state index is 9.31. The Labute approximate surface area is 109 Å². The third-order valence-corrected chi connectivity index (χ3v) is 2.53. The van der Waals surface area contributed by atoms with Gasteiger partial charge < -0.3 is 15.0 Å². The Hall–Kier alpha value is -1.98. The number of hydrogen-bond donors (Lipinski definition) is 0. The molecule has 18 heavy (non-hydrogen) atoms. The molecule has 4 nitrogen and oxygen atoms in total. The Morgan fingerprint density at radius 2 is 1.50 bits per heavy atom. The Morgan fingerprint density at radius 3 is 2.17 bits per heavy atom. The predicted molar refractivity (Wildman–Crippen MR) is 69.9 cm³/mol. The van der Waals surface area contributed by atoms with E-state index in [0.29, 0.717) is 5.75 Å². The van der Waals surface area contributed by atoms with Crippen LogP contribution in [0.2, 0.25) is 0 Å². The second-order valence-corrected chi connectivity index (χ2v) is 4.00. The maximum absolute atomic E-state index is 9.31. The lowest BCUT2D eigenvalue weighted by atomic mass is 10.3. The number of hydrogen-bond acceptors (Lipinski definition) is 4. The molecular weight excluding hydrogens is 250 g/mol. The van der Waals surface area contributed by atoms with Gasteiger partial charge in [-0.05, 0) is 24.3 Å². The van der Waals surface area contributed by atoms with Crippen LogP contribution in [0.25, 0.3) is 5.41 Å². The lowest BCUT2D eigenvalue weighted by Gasteiger charge is -2.12. The highest BCUT2D eigenvalue weighted by Gasteiger charge is 1.97. The number of benzene rings is 2. The molecule has 92 valence electrons. The zero-order chi connectivity index (χ0) is 12.6. The highest BCUT2D eigenvalue weighted by atomic mass is 32.2. The fourth-order valence-corrected chi connectivity index (χ4v) is 1.61. The van der Waals surface area contributed by atoms with Crippen LogP contribution < -0.4 is 4.74 Å². The normalized spacial score (nSPS) is 9.78. The summed E-state index contributed by atoms with van der Waals surface area (Å²) in [5.41, 5.74) is 0. The third kappa shape index (κ3) is 4.12. The van der Waals surface area contributed by atoms with Crippen LogP contribution >= 0.6 is 12.0 Å². The number of rotatable bonds is 4. The van der Waals surface area contributed by atoms with Gasteiger partial charge in [-0.25, -0.2) is 0 Å². The van der Waals surface area contributed by atoms with Gasteiger partial charge in [0.25, 0.3) is 0 Å². The summed E-state index contributed by atoms with van der Waals surface area (Å²) in [6.45, 7) is 0. The first-order valence-corrected chi connectivity index (χ1v) is 5.94. The van der Waals surface area contributed by atoms with Gasteiger partial charge in [0.1, 0.15) is 5.75 Å². The summed E-state index contributed by atoms with van der Waals surface area (Å²) in [4.78, 5) is 5.41. The first-order valence-electron chi connectivity index (χ1n) is 5.19. The van der Waals surface area contributed by atoms with E-state index in [4.69, 9.17) is 9.07 Å². The largest absolute Gasteiger partial charge is 0.733 e. The summed E-state index contributed by atoms with van der Waals surface area (Å²) >= 11 is 0.976. The van der Waals surface area contributed by atoms with E-state index in [1.807, 2.05) is 36.4 Å². The Morgan fingerprint density at radius 1 is 0.889 bits per heavy atom. The summed E-state index contributed by atoms with van der Waals surface area (Å²) < 4.78 is 9.72. The van der Waals surface area contributed by atoms with Crippen molar-refractivity contribution < 1.29 is 14.0 Å². The molecule has 0 heterocycles. The highest BCUT2D eigenvalue weighted by Crippen LogP contribution is 2.18. The molecule has 0 saturated carbocycles. The van der Waals surface area contributed by atoms with Gasteiger partial charge in [-0.15, -0.1) is 4.33 Å². The van der Waals surface area contributed by atoms with Gasteiger partial charge in [-0.3, -0.25) is 0 Å². The zero-order valence-corrected chi connectivity index (χ0v) is 10.2. The molecule has 0 bridgehead atoms. The smallest absolute Gasteiger partial charge is 0.205 e. The fourth-order valence-electron chi connectivity index (χ4n) is 1.17. The maximum Gasteiger partial charge on any atom is 0.205 e. The van der Waals surface area contributed by atoms with Gasteiger partial charge >= 0.3 is 0 Å². The first kappa shape index (κ1) is 12.5. The lowest BCUT2D eigenvalue weighted by molar-refractivity contribution is -0.110. The monoisotopic (exact) mass is 260 g/mol. The lowest BCUT2D eigenvalue weighted by Crippen LogP contribution is -2.09. The van der Waals surface area contributed by atoms with E-state index in [1.165, 1.54) is 0 Å². The van der Waals surface area contributed by atoms with E-state index >= 15 is 0 Å². The van der Waals surface area contributed by atoms with E-state index in [0.717, 1.165) is 16.9 Å². The molecule has 2 rings (SSSR count). The van der Waals surface area contributed by atoms with Crippen molar-refractivity contribution in [1.82, 2.24) is 0 Å². The van der Waals surface area contributed by atoms with Crippen molar-refractivity contribution >= 4 is 18.1 Å². The predicted octanol–water partition coefficient (Wildman–Crippen LogP) is 3.65. The van der Waals surface area contributed by atoms with E-state index in [2.05, 4.69) is 4.89 Å². The van der Waals surface area contributed by atoms with Crippen LogP contribution in [0.1, 0.15) is 0 Å². The quantitative estimate of drug-likeness (QED) is 0.277. The van der Waals surface area contributed by atoms with E-state index in [1.54, 1.807) is 24.3 Å². The van der Waals surface area contributed by atoms with Crippen LogP contribution in [0.3, 0.4) is 0 Å². The molecule has 2 aromatic rings. The molecule has 2 aromatic carbocycles. The molecule has 0 saturated heterocycles. The Balaban J connectivity index is 1.73. The third-order valence-electron chi connectivity index (χ3n) is 1.93. The SMILES string of the molecule is [N-]=C(OOSc1ccccc1)Oc1ccccc1. The second-order valence-electron chi connectivity index (χ2n) is 3.23. The minimum absolute atomic E-state index is 0.461. The summed E-state index contributed by atoms with van der Waals surface area (Å²) in [5.74, 6) is 0.461. The van der Waals surface area contributed by atoms with Crippen LogP contribution in [0, 0.1) is 0 Å². The second kappa shape index (κ2) is 6.68. The summed E-state index contributed by atoms with van der Waals surface area (Å²) in [5, 5.41) is 9.31. The Bertz CT molecular complexity index is 490. The summed E-state index contributed by atoms with van der Waals surface area (Å²) in [7, 11) is 0. The van der Waals surface area contributed by atoms with Crippen molar-refractivity contribution in [2.75, 3.05) is 0 Å². The topological polar surface area (TPSA) is 50.0 Å². The average Bonchev–Trinajstić information content (AvgIpc) is 2.41. The van der Waals surface area contributed by atoms with Gasteiger partial charge in [-0.2, -0.15) is 0 Å². The van der Waals surface area contributed by atoms with Gasteiger partial charge in [0, 0.05) is 4.90 Å². The van der Waals surface area contributed by atoms with E-state index in [9.17, 15) is 5.41 Å². The van der Waals surface area contributed by atoms with Crippen LogP contribution in [0.15, 0.2) is 65.6 Å². The van der Waals surface area contributed by atoms with Crippen LogP contribution in [0.4, 0.5) is 0 Å². The minimum Gasteiger partial charge on any atom is -0.733 e. The molecule has 0 aromatic heterocycles. The van der Waals surface area contributed by atoms with E-state index < -0.39 is 6.08 Å². The molecule has 0 radical (unpaired) electrons. The highest BCUT2D eigenvalue weighted by molar-refractivity contribution is 7.94. The molecule has 0 atom stereocenters. The molecular formula is C13H10NO3S-. The van der Waals surface area contributed by atoms with Crippen LogP contribution in [-0.4, -0.2) is 6.08 Å². The van der Waals surface area contributed by atoms with Crippen molar-refractivity contribution in [3.63, 3.8) is 0 Å². The van der Waals surface area contributed by atoms with Gasteiger partial charge in [0.15, 0.2) is 0 Å². The average molecular weight is 260 g/mol. The fraction of sp³-hybridized carbons (Fsp3) is 0. The number of ether oxygens (including phenoxy) is 1. The van der Waals surface area contributed by atoms with Crippen molar-refractivity contribution in [2.24, 2.45) is 0 Å². The molecule has 0 aliphatic rings. The van der Waals surface area contributed by atoms with Gasteiger partial charge in [0.05, 0.1) is 12.0 Å². The van der Waals surface area contributed by atoms with Gasteiger partial charge in [0.2, 0.25) is 6.08 Å². The molecule has 0 unspecified atom stereocenters. The molecule has 0 spiro atoms. The molecule has 0 aliphatic heterocycles. The van der Waals surface area contributed by atoms with Crippen molar-refractivity contribution in [3.8, 4) is 5.75 Å². The Kier molecular flexibility index (Phi) is 4.63. The summed E-state index contributed by atoms with van der Waals surface area (Å²) in [6.07, 6.45) is -0.662. The van der Waals surface area contributed by atoms with Crippen molar-refractivity contribution in [3.05, 3.63) is 66.1 Å². The minimum atomic E-state index is -0.662. The molecule has 5 heteroatoms. The van der Waals surface area contributed by atoms with Crippen LogP contribution in [0.5, 0.6) is 5.75 Å². The van der Waals surface area contributed by atoms with Gasteiger partial charge in [-0.1, -0.05) is 36.4 Å². The molecule has 0 aliphatic carbocycles. The molecule has 0 N–H and O–H groups in total. The zero-order valence-electron chi connectivity index (χ0n) is 9.35. The van der Waals surface area contributed by atoms with Crippen LogP contribution in [-0.2, 0) is 9.22 Å². The van der Waals surface area contributed by atoms with Crippen molar-refractivity contribution in [2.45, 2.75) is 4.90 Å². The van der Waals surface area contributed by atoms with Crippen molar-refractivity contribution in [1.29, 1.82) is 0 Å². The summed E-state index contributed by atoms with van der Waals surface area (Å²) in [6, 6.07) is 18.1. The molecule has 0 amide bonds. The number of nitrogens with zero attached hydrogens (tertiary/aromatic N) is 1. The number of para-hydroxylation sites is 1. The molecule has 0 fully saturated rings.